The molecule has 2 N–H and O–H groups in total. The number of benzene rings is 1. The summed E-state index contributed by atoms with van der Waals surface area (Å²) in [5, 5.41) is 29.2. The fourth-order valence-electron chi connectivity index (χ4n) is 4.92. The number of nitrogens with zero attached hydrogens (tertiary/aromatic N) is 4. The zero-order valence-electron chi connectivity index (χ0n) is 18.6. The van der Waals surface area contributed by atoms with Crippen LogP contribution in [0.1, 0.15) is 43.4 Å². The molecule has 0 spiro atoms. The summed E-state index contributed by atoms with van der Waals surface area (Å²) < 4.78 is 39.1. The predicted molar refractivity (Wildman–Crippen MR) is 116 cm³/mol. The number of fused-ring (bicyclic) bond motifs is 1. The summed E-state index contributed by atoms with van der Waals surface area (Å²) in [5.41, 5.74) is 0.303. The van der Waals surface area contributed by atoms with E-state index < -0.39 is 23.1 Å². The van der Waals surface area contributed by atoms with Crippen molar-refractivity contribution in [2.75, 3.05) is 31.1 Å². The van der Waals surface area contributed by atoms with Crippen LogP contribution in [-0.2, 0) is 12.6 Å². The number of likely N-dealkylation sites (tertiary alicyclic amines) is 1. The maximum Gasteiger partial charge on any atom is 0.416 e. The number of β-amino-alcohol motifs (C(OH)–C–C–N with tert-alkyl or cyclic N) is 1. The summed E-state index contributed by atoms with van der Waals surface area (Å²) in [6.45, 7) is 8.36. The van der Waals surface area contributed by atoms with E-state index in [9.17, 15) is 23.4 Å². The fourth-order valence-corrected chi connectivity index (χ4v) is 4.92. The number of aromatic nitrogens is 2. The van der Waals surface area contributed by atoms with Gasteiger partial charge in [-0.3, -0.25) is 4.90 Å². The first-order valence-corrected chi connectivity index (χ1v) is 10.9. The first-order chi connectivity index (χ1) is 14.9. The minimum Gasteiger partial charge on any atom is -0.507 e. The second kappa shape index (κ2) is 8.19. The van der Waals surface area contributed by atoms with Crippen LogP contribution in [0.3, 0.4) is 0 Å². The molecule has 0 radical (unpaired) electrons. The summed E-state index contributed by atoms with van der Waals surface area (Å²) in [4.78, 5) is 4.53. The number of aliphatic hydroxyl groups is 1. The SMILES string of the molecule is Cc1cc(C(F)(F)F)cc(O)c1-c1cc2c(nn1)N([C@@H]1CCCN(CC(C)(C)O)C1)CC2. The van der Waals surface area contributed by atoms with E-state index in [-0.39, 0.29) is 11.6 Å². The van der Waals surface area contributed by atoms with Crippen LogP contribution in [0.2, 0.25) is 0 Å². The third-order valence-corrected chi connectivity index (χ3v) is 6.17. The van der Waals surface area contributed by atoms with Gasteiger partial charge in [0.1, 0.15) is 5.75 Å². The van der Waals surface area contributed by atoms with Crippen LogP contribution in [-0.4, -0.2) is 63.1 Å². The molecule has 2 aliphatic heterocycles. The van der Waals surface area contributed by atoms with Crippen molar-refractivity contribution in [3.8, 4) is 17.0 Å². The number of phenols is 1. The molecule has 0 bridgehead atoms. The molecule has 1 fully saturated rings. The second-order valence-corrected chi connectivity index (χ2v) is 9.55. The average molecular weight is 451 g/mol. The number of hydrogen-bond donors (Lipinski definition) is 2. The van der Waals surface area contributed by atoms with Crippen LogP contribution in [0.15, 0.2) is 18.2 Å². The summed E-state index contributed by atoms with van der Waals surface area (Å²) >= 11 is 0. The van der Waals surface area contributed by atoms with Gasteiger partial charge in [-0.25, -0.2) is 0 Å². The fraction of sp³-hybridized carbons (Fsp3) is 0.565. The summed E-state index contributed by atoms with van der Waals surface area (Å²) in [7, 11) is 0. The Bertz CT molecular complexity index is 981. The number of alkyl halides is 3. The highest BCUT2D eigenvalue weighted by atomic mass is 19.4. The molecule has 0 unspecified atom stereocenters. The van der Waals surface area contributed by atoms with E-state index in [1.807, 2.05) is 19.9 Å². The molecule has 4 rings (SSSR count). The lowest BCUT2D eigenvalue weighted by atomic mass is 9.99. The van der Waals surface area contributed by atoms with Gasteiger partial charge < -0.3 is 15.1 Å². The molecule has 174 valence electrons. The van der Waals surface area contributed by atoms with Crippen LogP contribution in [0.5, 0.6) is 5.75 Å². The molecule has 0 aliphatic carbocycles. The number of rotatable bonds is 4. The van der Waals surface area contributed by atoms with Crippen LogP contribution >= 0.6 is 0 Å². The zero-order chi connectivity index (χ0) is 23.3. The van der Waals surface area contributed by atoms with Crippen molar-refractivity contribution in [3.05, 3.63) is 34.9 Å². The van der Waals surface area contributed by atoms with Crippen LogP contribution in [0.4, 0.5) is 19.0 Å². The first kappa shape index (κ1) is 22.8. The summed E-state index contributed by atoms with van der Waals surface area (Å²) in [6.07, 6.45) is -1.69. The van der Waals surface area contributed by atoms with Gasteiger partial charge in [0, 0.05) is 36.8 Å². The van der Waals surface area contributed by atoms with Crippen molar-refractivity contribution < 1.29 is 23.4 Å². The highest BCUT2D eigenvalue weighted by Crippen LogP contribution is 2.40. The molecule has 2 aromatic rings. The van der Waals surface area contributed by atoms with Crippen molar-refractivity contribution >= 4 is 5.82 Å². The smallest absolute Gasteiger partial charge is 0.416 e. The standard InChI is InChI=1S/C23H29F3N4O2/c1-14-9-16(23(24,25)26)11-19(31)20(14)18-10-15-6-8-30(21(15)28-27-18)17-5-4-7-29(12-17)13-22(2,3)32/h9-11,17,31-32H,4-8,12-13H2,1-3H3/t17-/m1/s1. The number of piperidine rings is 1. The number of hydrogen-bond acceptors (Lipinski definition) is 6. The van der Waals surface area contributed by atoms with E-state index in [1.165, 1.54) is 6.92 Å². The Balaban J connectivity index is 1.57. The molecule has 9 heteroatoms. The lowest BCUT2D eigenvalue weighted by Crippen LogP contribution is -2.51. The lowest BCUT2D eigenvalue weighted by Gasteiger charge is -2.40. The highest BCUT2D eigenvalue weighted by molar-refractivity contribution is 5.73. The summed E-state index contributed by atoms with van der Waals surface area (Å²) in [5.74, 6) is 0.351. The number of anilines is 1. The number of aryl methyl sites for hydroxylation is 1. The van der Waals surface area contributed by atoms with E-state index in [2.05, 4.69) is 20.0 Å². The van der Waals surface area contributed by atoms with Crippen molar-refractivity contribution in [2.45, 2.75) is 57.9 Å². The zero-order valence-corrected chi connectivity index (χ0v) is 18.6. The third kappa shape index (κ3) is 4.68. The summed E-state index contributed by atoms with van der Waals surface area (Å²) in [6, 6.07) is 3.86. The Labute approximate surface area is 185 Å². The normalized spacial score (nSPS) is 20.0. The largest absolute Gasteiger partial charge is 0.507 e. The molecule has 1 aromatic heterocycles. The molecule has 1 aromatic carbocycles. The van der Waals surface area contributed by atoms with E-state index in [4.69, 9.17) is 0 Å². The maximum absolute atomic E-state index is 13.0. The van der Waals surface area contributed by atoms with Gasteiger partial charge in [-0.15, -0.1) is 10.2 Å². The molecular weight excluding hydrogens is 421 g/mol. The number of halogens is 3. The van der Waals surface area contributed by atoms with Gasteiger partial charge in [0.25, 0.3) is 0 Å². The van der Waals surface area contributed by atoms with Crippen LogP contribution < -0.4 is 4.90 Å². The molecule has 32 heavy (non-hydrogen) atoms. The Kier molecular flexibility index (Phi) is 5.83. The molecule has 3 heterocycles. The Hall–Kier alpha value is -2.39. The van der Waals surface area contributed by atoms with Crippen molar-refractivity contribution in [2.24, 2.45) is 0 Å². The van der Waals surface area contributed by atoms with Gasteiger partial charge in [0.15, 0.2) is 5.82 Å². The van der Waals surface area contributed by atoms with Gasteiger partial charge in [0.05, 0.1) is 16.9 Å². The van der Waals surface area contributed by atoms with E-state index in [0.29, 0.717) is 17.8 Å². The molecule has 0 amide bonds. The van der Waals surface area contributed by atoms with Crippen LogP contribution in [0.25, 0.3) is 11.3 Å². The van der Waals surface area contributed by atoms with Crippen molar-refractivity contribution in [1.29, 1.82) is 0 Å². The number of aromatic hydroxyl groups is 1. The molecular formula is C23H29F3N4O2. The lowest BCUT2D eigenvalue weighted by molar-refractivity contribution is -0.137. The second-order valence-electron chi connectivity index (χ2n) is 9.55. The van der Waals surface area contributed by atoms with Gasteiger partial charge in [0.2, 0.25) is 0 Å². The van der Waals surface area contributed by atoms with Gasteiger partial charge in [-0.2, -0.15) is 13.2 Å². The van der Waals surface area contributed by atoms with E-state index in [1.54, 1.807) is 0 Å². The monoisotopic (exact) mass is 450 g/mol. The molecule has 0 saturated carbocycles. The average Bonchev–Trinajstić information content (AvgIpc) is 3.09. The quantitative estimate of drug-likeness (QED) is 0.739. The molecule has 2 aliphatic rings. The van der Waals surface area contributed by atoms with E-state index >= 15 is 0 Å². The molecule has 1 saturated heterocycles. The molecule has 1 atom stereocenters. The van der Waals surface area contributed by atoms with Gasteiger partial charge >= 0.3 is 6.18 Å². The third-order valence-electron chi connectivity index (χ3n) is 6.17. The van der Waals surface area contributed by atoms with E-state index in [0.717, 1.165) is 62.4 Å². The highest BCUT2D eigenvalue weighted by Gasteiger charge is 2.34. The Morgan fingerprint density at radius 2 is 1.88 bits per heavy atom. The maximum atomic E-state index is 13.0. The Morgan fingerprint density at radius 1 is 1.12 bits per heavy atom. The van der Waals surface area contributed by atoms with Crippen LogP contribution in [0, 0.1) is 6.92 Å². The molecule has 6 nitrogen and oxygen atoms in total. The topological polar surface area (TPSA) is 72.7 Å². The Morgan fingerprint density at radius 3 is 2.53 bits per heavy atom. The van der Waals surface area contributed by atoms with Crippen molar-refractivity contribution in [3.63, 3.8) is 0 Å². The van der Waals surface area contributed by atoms with Crippen molar-refractivity contribution in [1.82, 2.24) is 15.1 Å². The van der Waals surface area contributed by atoms with Gasteiger partial charge in [-0.05, 0) is 70.3 Å². The number of phenolic OH excluding ortho intramolecular Hbond substituents is 1. The van der Waals surface area contributed by atoms with Gasteiger partial charge in [-0.1, -0.05) is 0 Å². The minimum atomic E-state index is -4.52. The predicted octanol–water partition coefficient (Wildman–Crippen LogP) is 3.77. The first-order valence-electron chi connectivity index (χ1n) is 10.9. The minimum absolute atomic E-state index is 0.272.